The molecule has 3 aromatic rings. The number of halogens is 2. The average molecular weight is 459 g/mol. The number of ether oxygens (including phenoxy) is 1. The first-order valence-corrected chi connectivity index (χ1v) is 10.9. The molecule has 0 saturated carbocycles. The van der Waals surface area contributed by atoms with Crippen molar-refractivity contribution >= 4 is 40.1 Å². The fourth-order valence-electron chi connectivity index (χ4n) is 4.30. The Morgan fingerprint density at radius 2 is 1.74 bits per heavy atom. The van der Waals surface area contributed by atoms with Crippen molar-refractivity contribution in [1.29, 1.82) is 0 Å². The van der Waals surface area contributed by atoms with Gasteiger partial charge in [0.25, 0.3) is 5.91 Å². The molecule has 2 aromatic carbocycles. The van der Waals surface area contributed by atoms with E-state index in [2.05, 4.69) is 4.90 Å². The lowest BCUT2D eigenvalue weighted by molar-refractivity contribution is 0.0314. The van der Waals surface area contributed by atoms with E-state index < -0.39 is 6.04 Å². The SMILES string of the molecule is O=C1c2oc3ccccc3c(=O)c2C(c2ccc(Cl)c(Cl)c2)N1CCN1CCOCC1. The lowest BCUT2D eigenvalue weighted by Crippen LogP contribution is -2.42. The largest absolute Gasteiger partial charge is 0.450 e. The van der Waals surface area contributed by atoms with Crippen molar-refractivity contribution in [1.82, 2.24) is 9.80 Å². The summed E-state index contributed by atoms with van der Waals surface area (Å²) in [5, 5.41) is 1.24. The van der Waals surface area contributed by atoms with E-state index in [1.54, 1.807) is 47.4 Å². The van der Waals surface area contributed by atoms with Crippen LogP contribution >= 0.6 is 23.2 Å². The molecule has 0 N–H and O–H groups in total. The van der Waals surface area contributed by atoms with Gasteiger partial charge in [0.2, 0.25) is 5.76 Å². The Bertz CT molecular complexity index is 1220. The highest BCUT2D eigenvalue weighted by molar-refractivity contribution is 6.42. The molecule has 160 valence electrons. The van der Waals surface area contributed by atoms with Crippen LogP contribution in [0.3, 0.4) is 0 Å². The zero-order valence-corrected chi connectivity index (χ0v) is 18.2. The maximum absolute atomic E-state index is 13.4. The predicted octanol–water partition coefficient (Wildman–Crippen LogP) is 3.98. The Balaban J connectivity index is 1.61. The molecule has 3 heterocycles. The summed E-state index contributed by atoms with van der Waals surface area (Å²) in [6.45, 7) is 4.10. The van der Waals surface area contributed by atoms with E-state index in [4.69, 9.17) is 32.4 Å². The molecule has 1 saturated heterocycles. The quantitative estimate of drug-likeness (QED) is 0.591. The lowest BCUT2D eigenvalue weighted by Gasteiger charge is -2.31. The number of para-hydroxylation sites is 1. The lowest BCUT2D eigenvalue weighted by atomic mass is 9.98. The number of hydrogen-bond acceptors (Lipinski definition) is 5. The normalized spacial score (nSPS) is 19.2. The molecule has 0 aliphatic carbocycles. The van der Waals surface area contributed by atoms with E-state index in [9.17, 15) is 9.59 Å². The van der Waals surface area contributed by atoms with Crippen molar-refractivity contribution in [2.24, 2.45) is 0 Å². The number of carbonyl (C=O) groups excluding carboxylic acids is 1. The Labute approximate surface area is 188 Å². The van der Waals surface area contributed by atoms with Crippen molar-refractivity contribution in [3.05, 3.63) is 79.6 Å². The minimum Gasteiger partial charge on any atom is -0.450 e. The molecule has 1 aromatic heterocycles. The summed E-state index contributed by atoms with van der Waals surface area (Å²) in [6.07, 6.45) is 0. The van der Waals surface area contributed by atoms with Crippen LogP contribution in [0.1, 0.15) is 27.7 Å². The van der Waals surface area contributed by atoms with Crippen LogP contribution in [0.2, 0.25) is 10.0 Å². The van der Waals surface area contributed by atoms with Crippen LogP contribution in [-0.2, 0) is 4.74 Å². The van der Waals surface area contributed by atoms with Crippen LogP contribution in [-0.4, -0.2) is 55.1 Å². The Morgan fingerprint density at radius 1 is 0.968 bits per heavy atom. The van der Waals surface area contributed by atoms with Crippen molar-refractivity contribution in [2.45, 2.75) is 6.04 Å². The molecule has 0 radical (unpaired) electrons. The second-order valence-electron chi connectivity index (χ2n) is 7.70. The maximum atomic E-state index is 13.4. The molecule has 5 rings (SSSR count). The zero-order valence-electron chi connectivity index (χ0n) is 16.6. The van der Waals surface area contributed by atoms with Crippen LogP contribution in [0.5, 0.6) is 0 Å². The molecule has 31 heavy (non-hydrogen) atoms. The third-order valence-electron chi connectivity index (χ3n) is 5.89. The molecular formula is C23H20Cl2N2O4. The van der Waals surface area contributed by atoms with Crippen LogP contribution in [0.25, 0.3) is 11.0 Å². The highest BCUT2D eigenvalue weighted by Gasteiger charge is 2.42. The summed E-state index contributed by atoms with van der Waals surface area (Å²) in [7, 11) is 0. The molecule has 0 bridgehead atoms. The van der Waals surface area contributed by atoms with E-state index in [-0.39, 0.29) is 17.1 Å². The summed E-state index contributed by atoms with van der Waals surface area (Å²) in [5.74, 6) is -0.191. The second-order valence-corrected chi connectivity index (χ2v) is 8.51. The fourth-order valence-corrected chi connectivity index (χ4v) is 4.61. The average Bonchev–Trinajstić information content (AvgIpc) is 3.07. The van der Waals surface area contributed by atoms with Gasteiger partial charge in [-0.3, -0.25) is 14.5 Å². The van der Waals surface area contributed by atoms with Gasteiger partial charge in [0, 0.05) is 26.2 Å². The molecule has 2 aliphatic rings. The number of amides is 1. The highest BCUT2D eigenvalue weighted by Crippen LogP contribution is 2.39. The number of carbonyl (C=O) groups is 1. The summed E-state index contributed by atoms with van der Waals surface area (Å²) >= 11 is 12.4. The van der Waals surface area contributed by atoms with Gasteiger partial charge in [0.1, 0.15) is 5.58 Å². The van der Waals surface area contributed by atoms with Crippen molar-refractivity contribution in [2.75, 3.05) is 39.4 Å². The first-order chi connectivity index (χ1) is 15.0. The van der Waals surface area contributed by atoms with Crippen LogP contribution in [0, 0.1) is 0 Å². The number of morpholine rings is 1. The van der Waals surface area contributed by atoms with E-state index in [1.807, 2.05) is 0 Å². The monoisotopic (exact) mass is 458 g/mol. The summed E-state index contributed by atoms with van der Waals surface area (Å²) < 4.78 is 11.4. The minimum atomic E-state index is -0.584. The molecule has 1 unspecified atom stereocenters. The minimum absolute atomic E-state index is 0.0988. The third-order valence-corrected chi connectivity index (χ3v) is 6.63. The topological polar surface area (TPSA) is 63.0 Å². The van der Waals surface area contributed by atoms with Crippen molar-refractivity contribution in [3.8, 4) is 0 Å². The molecule has 2 aliphatic heterocycles. The van der Waals surface area contributed by atoms with Gasteiger partial charge in [0.05, 0.1) is 40.3 Å². The molecule has 0 spiro atoms. The van der Waals surface area contributed by atoms with Gasteiger partial charge in [-0.15, -0.1) is 0 Å². The maximum Gasteiger partial charge on any atom is 0.290 e. The van der Waals surface area contributed by atoms with E-state index >= 15 is 0 Å². The van der Waals surface area contributed by atoms with Gasteiger partial charge >= 0.3 is 0 Å². The zero-order chi connectivity index (χ0) is 21.5. The number of hydrogen-bond donors (Lipinski definition) is 0. The molecule has 1 atom stereocenters. The van der Waals surface area contributed by atoms with Gasteiger partial charge in [-0.25, -0.2) is 0 Å². The third kappa shape index (κ3) is 3.64. The smallest absolute Gasteiger partial charge is 0.290 e. The molecule has 8 heteroatoms. The molecular weight excluding hydrogens is 439 g/mol. The summed E-state index contributed by atoms with van der Waals surface area (Å²) in [5.41, 5.74) is 1.28. The number of nitrogens with zero attached hydrogens (tertiary/aromatic N) is 2. The number of fused-ring (bicyclic) bond motifs is 2. The number of benzene rings is 2. The second kappa shape index (κ2) is 8.28. The first kappa shape index (κ1) is 20.5. The Hall–Kier alpha value is -2.38. The van der Waals surface area contributed by atoms with Gasteiger partial charge in [-0.1, -0.05) is 41.4 Å². The van der Waals surface area contributed by atoms with Gasteiger partial charge < -0.3 is 14.1 Å². The predicted molar refractivity (Wildman–Crippen MR) is 119 cm³/mol. The number of rotatable bonds is 4. The Morgan fingerprint density at radius 3 is 2.52 bits per heavy atom. The van der Waals surface area contributed by atoms with Gasteiger partial charge in [-0.05, 0) is 29.8 Å². The molecule has 1 fully saturated rings. The fraction of sp³-hybridized carbons (Fsp3) is 0.304. The van der Waals surface area contributed by atoms with Crippen LogP contribution in [0.4, 0.5) is 0 Å². The van der Waals surface area contributed by atoms with E-state index in [0.717, 1.165) is 18.7 Å². The van der Waals surface area contributed by atoms with E-state index in [0.29, 0.717) is 52.9 Å². The molecule has 1 amide bonds. The van der Waals surface area contributed by atoms with Gasteiger partial charge in [-0.2, -0.15) is 0 Å². The highest BCUT2D eigenvalue weighted by atomic mass is 35.5. The summed E-state index contributed by atoms with van der Waals surface area (Å²) in [4.78, 5) is 30.8. The van der Waals surface area contributed by atoms with Gasteiger partial charge in [0.15, 0.2) is 5.43 Å². The summed E-state index contributed by atoms with van der Waals surface area (Å²) in [6, 6.07) is 11.6. The standard InChI is InChI=1S/C23H20Cl2N2O4/c24-16-6-5-14(13-17(16)25)20-19-21(28)15-3-1-2-4-18(15)31-22(19)23(29)27(20)8-7-26-9-11-30-12-10-26/h1-6,13,20H,7-12H2. The van der Waals surface area contributed by atoms with Crippen LogP contribution in [0.15, 0.2) is 51.7 Å². The van der Waals surface area contributed by atoms with E-state index in [1.165, 1.54) is 0 Å². The first-order valence-electron chi connectivity index (χ1n) is 10.2. The van der Waals surface area contributed by atoms with Crippen LogP contribution < -0.4 is 5.43 Å². The Kier molecular flexibility index (Phi) is 5.48. The van der Waals surface area contributed by atoms with Crippen molar-refractivity contribution in [3.63, 3.8) is 0 Å². The van der Waals surface area contributed by atoms with Crippen molar-refractivity contribution < 1.29 is 13.9 Å². The molecule has 6 nitrogen and oxygen atoms in total.